The van der Waals surface area contributed by atoms with Crippen molar-refractivity contribution in [2.45, 2.75) is 0 Å². The van der Waals surface area contributed by atoms with Gasteiger partial charge in [0.05, 0.1) is 10.7 Å². The van der Waals surface area contributed by atoms with Crippen LogP contribution in [0.3, 0.4) is 0 Å². The van der Waals surface area contributed by atoms with E-state index >= 15 is 0 Å². The normalized spacial score (nSPS) is 15.5. The van der Waals surface area contributed by atoms with E-state index in [1.165, 1.54) is 11.0 Å². The van der Waals surface area contributed by atoms with E-state index in [9.17, 15) is 9.59 Å². The van der Waals surface area contributed by atoms with Crippen LogP contribution in [0.4, 0.5) is 5.69 Å². The lowest BCUT2D eigenvalue weighted by atomic mass is 10.1. The highest BCUT2D eigenvalue weighted by Crippen LogP contribution is 2.27. The van der Waals surface area contributed by atoms with Gasteiger partial charge in [0.15, 0.2) is 5.11 Å². The Morgan fingerprint density at radius 1 is 1.22 bits per heavy atom. The van der Waals surface area contributed by atoms with Crippen molar-refractivity contribution in [1.82, 2.24) is 5.32 Å². The number of thiocarbonyl (C=S) groups is 1. The summed E-state index contributed by atoms with van der Waals surface area (Å²) in [5.41, 5.74) is 1.07. The van der Waals surface area contributed by atoms with Crippen molar-refractivity contribution in [3.63, 3.8) is 0 Å². The molecule has 0 radical (unpaired) electrons. The molecule has 0 spiro atoms. The molecule has 2 amide bonds. The number of hydrogen-bond acceptors (Lipinski definition) is 4. The van der Waals surface area contributed by atoms with Gasteiger partial charge in [-0.1, -0.05) is 41.8 Å². The van der Waals surface area contributed by atoms with Crippen LogP contribution < -0.4 is 15.0 Å². The van der Waals surface area contributed by atoms with Gasteiger partial charge in [0.2, 0.25) is 0 Å². The summed E-state index contributed by atoms with van der Waals surface area (Å²) in [6.07, 6.45) is 6.61. The number of rotatable bonds is 4. The predicted octanol–water partition coefficient (Wildman–Crippen LogP) is 3.18. The molecule has 0 saturated carbocycles. The molecule has 1 saturated heterocycles. The summed E-state index contributed by atoms with van der Waals surface area (Å²) >= 11 is 11.3. The molecule has 0 bridgehead atoms. The number of ether oxygens (including phenoxy) is 1. The molecule has 0 atom stereocenters. The summed E-state index contributed by atoms with van der Waals surface area (Å²) in [7, 11) is 0. The smallest absolute Gasteiger partial charge is 0.270 e. The van der Waals surface area contributed by atoms with Crippen molar-refractivity contribution in [2.75, 3.05) is 11.5 Å². The van der Waals surface area contributed by atoms with Gasteiger partial charge >= 0.3 is 0 Å². The van der Waals surface area contributed by atoms with Gasteiger partial charge in [-0.05, 0) is 48.1 Å². The van der Waals surface area contributed by atoms with E-state index < -0.39 is 11.8 Å². The average Bonchev–Trinajstić information content (AvgIpc) is 2.65. The maximum Gasteiger partial charge on any atom is 0.270 e. The minimum atomic E-state index is -0.569. The van der Waals surface area contributed by atoms with Crippen LogP contribution in [0.1, 0.15) is 5.56 Å². The van der Waals surface area contributed by atoms with E-state index in [-0.39, 0.29) is 17.3 Å². The fraction of sp³-hybridized carbons (Fsp3) is 0.0500. The molecular weight excluding hydrogens is 384 g/mol. The first-order valence-corrected chi connectivity index (χ1v) is 8.62. The number of benzene rings is 2. The van der Waals surface area contributed by atoms with Gasteiger partial charge < -0.3 is 4.74 Å². The average molecular weight is 397 g/mol. The number of halogens is 1. The van der Waals surface area contributed by atoms with Gasteiger partial charge in [-0.3, -0.25) is 19.8 Å². The number of nitrogens with zero attached hydrogens (tertiary/aromatic N) is 1. The lowest BCUT2D eigenvalue weighted by Gasteiger charge is -2.28. The zero-order valence-corrected chi connectivity index (χ0v) is 15.5. The third-order valence-corrected chi connectivity index (χ3v) is 4.27. The monoisotopic (exact) mass is 396 g/mol. The van der Waals surface area contributed by atoms with Crippen molar-refractivity contribution in [3.8, 4) is 18.1 Å². The zero-order chi connectivity index (χ0) is 19.4. The Labute approximate surface area is 166 Å². The van der Waals surface area contributed by atoms with Crippen molar-refractivity contribution in [3.05, 3.63) is 64.7 Å². The van der Waals surface area contributed by atoms with E-state index in [0.29, 0.717) is 22.0 Å². The van der Waals surface area contributed by atoms with Crippen molar-refractivity contribution < 1.29 is 14.3 Å². The van der Waals surface area contributed by atoms with Crippen LogP contribution in [-0.2, 0) is 9.59 Å². The highest BCUT2D eigenvalue weighted by molar-refractivity contribution is 7.80. The summed E-state index contributed by atoms with van der Waals surface area (Å²) in [4.78, 5) is 26.4. The molecule has 0 aliphatic carbocycles. The number of carbonyl (C=O) groups is 2. The Morgan fingerprint density at radius 2 is 1.96 bits per heavy atom. The molecule has 2 aromatic carbocycles. The summed E-state index contributed by atoms with van der Waals surface area (Å²) in [6.45, 7) is 0.0878. The van der Waals surface area contributed by atoms with Crippen molar-refractivity contribution in [1.29, 1.82) is 0 Å². The van der Waals surface area contributed by atoms with Gasteiger partial charge in [-0.2, -0.15) is 0 Å². The van der Waals surface area contributed by atoms with E-state index in [0.717, 1.165) is 0 Å². The Bertz CT molecular complexity index is 996. The van der Waals surface area contributed by atoms with Gasteiger partial charge in [-0.25, -0.2) is 0 Å². The summed E-state index contributed by atoms with van der Waals surface area (Å²) in [5, 5.41) is 2.88. The molecule has 0 unspecified atom stereocenters. The predicted molar refractivity (Wildman–Crippen MR) is 108 cm³/mol. The van der Waals surface area contributed by atoms with E-state index in [2.05, 4.69) is 11.2 Å². The Kier molecular flexibility index (Phi) is 5.55. The van der Waals surface area contributed by atoms with Crippen LogP contribution in [-0.4, -0.2) is 23.5 Å². The number of nitrogens with one attached hydrogen (secondary N) is 1. The van der Waals surface area contributed by atoms with Crippen LogP contribution in [0.25, 0.3) is 6.08 Å². The Hall–Kier alpha value is -3.14. The van der Waals surface area contributed by atoms with E-state index in [1.54, 1.807) is 42.5 Å². The summed E-state index contributed by atoms with van der Waals surface area (Å²) < 4.78 is 5.30. The second-order valence-corrected chi connectivity index (χ2v) is 6.27. The van der Waals surface area contributed by atoms with Crippen LogP contribution >= 0.6 is 23.8 Å². The summed E-state index contributed by atoms with van der Waals surface area (Å²) in [6, 6.07) is 13.7. The van der Waals surface area contributed by atoms with Gasteiger partial charge in [-0.15, -0.1) is 6.42 Å². The molecular formula is C20H13ClN2O3S. The van der Waals surface area contributed by atoms with Crippen LogP contribution in [0.15, 0.2) is 54.1 Å². The fourth-order valence-electron chi connectivity index (χ4n) is 2.48. The minimum Gasteiger partial charge on any atom is -0.479 e. The number of anilines is 1. The molecule has 3 rings (SSSR count). The molecule has 1 aliphatic rings. The lowest BCUT2D eigenvalue weighted by Crippen LogP contribution is -2.54. The largest absolute Gasteiger partial charge is 0.479 e. The second-order valence-electron chi connectivity index (χ2n) is 5.48. The number of para-hydroxylation sites is 1. The van der Waals surface area contributed by atoms with Crippen molar-refractivity contribution in [2.24, 2.45) is 0 Å². The van der Waals surface area contributed by atoms with Crippen LogP contribution in [0.2, 0.25) is 5.02 Å². The molecule has 1 fully saturated rings. The highest BCUT2D eigenvalue weighted by atomic mass is 35.5. The fourth-order valence-corrected chi connectivity index (χ4v) is 3.00. The molecule has 1 aliphatic heterocycles. The Balaban J connectivity index is 1.94. The van der Waals surface area contributed by atoms with E-state index in [4.69, 9.17) is 35.0 Å². The first-order valence-electron chi connectivity index (χ1n) is 7.83. The lowest BCUT2D eigenvalue weighted by molar-refractivity contribution is -0.122. The molecule has 0 aromatic heterocycles. The third-order valence-electron chi connectivity index (χ3n) is 3.69. The molecule has 134 valence electrons. The van der Waals surface area contributed by atoms with Gasteiger partial charge in [0, 0.05) is 0 Å². The molecule has 2 aromatic rings. The Morgan fingerprint density at radius 3 is 2.63 bits per heavy atom. The third kappa shape index (κ3) is 4.00. The zero-order valence-electron chi connectivity index (χ0n) is 13.9. The van der Waals surface area contributed by atoms with Gasteiger partial charge in [0.1, 0.15) is 17.9 Å². The number of amides is 2. The highest BCUT2D eigenvalue weighted by Gasteiger charge is 2.34. The molecule has 7 heteroatoms. The SMILES string of the molecule is C#CCOc1ccc(/C=C2/C(=O)NC(=S)N(c3ccccc3)C2=O)cc1Cl. The first-order chi connectivity index (χ1) is 13.0. The second kappa shape index (κ2) is 8.04. The number of terminal acetylenes is 1. The van der Waals surface area contributed by atoms with Gasteiger partial charge in [0.25, 0.3) is 11.8 Å². The maximum absolute atomic E-state index is 12.9. The quantitative estimate of drug-likeness (QED) is 0.373. The minimum absolute atomic E-state index is 0.0319. The topological polar surface area (TPSA) is 58.6 Å². The molecule has 27 heavy (non-hydrogen) atoms. The number of hydrogen-bond donors (Lipinski definition) is 1. The first kappa shape index (κ1) is 18.6. The van der Waals surface area contributed by atoms with E-state index in [1.807, 2.05) is 6.07 Å². The van der Waals surface area contributed by atoms with Crippen LogP contribution in [0, 0.1) is 12.3 Å². The molecule has 1 heterocycles. The van der Waals surface area contributed by atoms with Crippen LogP contribution in [0.5, 0.6) is 5.75 Å². The molecule has 5 nitrogen and oxygen atoms in total. The summed E-state index contributed by atoms with van der Waals surface area (Å²) in [5.74, 6) is 1.69. The number of carbonyl (C=O) groups excluding carboxylic acids is 2. The maximum atomic E-state index is 12.9. The molecule has 1 N–H and O–H groups in total. The van der Waals surface area contributed by atoms with Crippen molar-refractivity contribution >= 4 is 52.5 Å². The standard InChI is InChI=1S/C20H13ClN2O3S/c1-2-10-26-17-9-8-13(12-16(17)21)11-15-18(24)22-20(27)23(19(15)25)14-6-4-3-5-7-14/h1,3-9,11-12H,10H2,(H,22,24,27)/b15-11-.